The van der Waals surface area contributed by atoms with Crippen molar-refractivity contribution in [1.82, 2.24) is 0 Å². The minimum absolute atomic E-state index is 0.0347. The van der Waals surface area contributed by atoms with Crippen LogP contribution < -0.4 is 4.72 Å². The van der Waals surface area contributed by atoms with E-state index >= 15 is 0 Å². The summed E-state index contributed by atoms with van der Waals surface area (Å²) in [5.41, 5.74) is 2.32. The summed E-state index contributed by atoms with van der Waals surface area (Å²) in [5, 5.41) is 0.447. The van der Waals surface area contributed by atoms with E-state index in [2.05, 4.69) is 4.72 Å². The van der Waals surface area contributed by atoms with Gasteiger partial charge in [-0.15, -0.1) is 0 Å². The molecule has 0 atom stereocenters. The molecule has 0 aromatic heterocycles. The lowest BCUT2D eigenvalue weighted by Crippen LogP contribution is -2.14. The molecule has 0 saturated heterocycles. The molecule has 0 radical (unpaired) electrons. The zero-order valence-corrected chi connectivity index (χ0v) is 13.3. The van der Waals surface area contributed by atoms with E-state index in [1.165, 1.54) is 12.1 Å². The Balaban J connectivity index is 2.46. The topological polar surface area (TPSA) is 46.2 Å². The number of rotatable bonds is 3. The average molecular weight is 330 g/mol. The van der Waals surface area contributed by atoms with Gasteiger partial charge in [-0.05, 0) is 49.2 Å². The molecule has 6 heteroatoms. The number of halogens is 2. The van der Waals surface area contributed by atoms with Crippen LogP contribution in [0, 0.1) is 13.8 Å². The second kappa shape index (κ2) is 5.64. The van der Waals surface area contributed by atoms with E-state index in [1.54, 1.807) is 12.1 Å². The van der Waals surface area contributed by atoms with Gasteiger partial charge in [0.2, 0.25) is 0 Å². The quantitative estimate of drug-likeness (QED) is 0.906. The molecule has 2 aromatic carbocycles. The summed E-state index contributed by atoms with van der Waals surface area (Å²) in [6.45, 7) is 3.72. The van der Waals surface area contributed by atoms with Crippen LogP contribution in [0.15, 0.2) is 41.3 Å². The molecule has 0 unspecified atom stereocenters. The molecule has 0 heterocycles. The van der Waals surface area contributed by atoms with E-state index in [4.69, 9.17) is 23.2 Å². The highest BCUT2D eigenvalue weighted by molar-refractivity contribution is 7.92. The zero-order valence-electron chi connectivity index (χ0n) is 10.9. The lowest BCUT2D eigenvalue weighted by Gasteiger charge is -2.12. The minimum atomic E-state index is -3.77. The van der Waals surface area contributed by atoms with Crippen LogP contribution in [-0.4, -0.2) is 8.42 Å². The third-order valence-corrected chi connectivity index (χ3v) is 4.90. The third kappa shape index (κ3) is 3.26. The minimum Gasteiger partial charge on any atom is -0.279 e. The molecular formula is C14H13Cl2NO2S. The van der Waals surface area contributed by atoms with Crippen molar-refractivity contribution >= 4 is 38.9 Å². The Morgan fingerprint density at radius 2 is 1.70 bits per heavy atom. The van der Waals surface area contributed by atoms with Crippen LogP contribution in [0.2, 0.25) is 10.0 Å². The maximum absolute atomic E-state index is 12.4. The Morgan fingerprint density at radius 1 is 1.00 bits per heavy atom. The first-order chi connectivity index (χ1) is 9.29. The van der Waals surface area contributed by atoms with Gasteiger partial charge in [0, 0.05) is 5.02 Å². The van der Waals surface area contributed by atoms with E-state index in [1.807, 2.05) is 26.0 Å². The van der Waals surface area contributed by atoms with Crippen molar-refractivity contribution in [2.45, 2.75) is 18.7 Å². The van der Waals surface area contributed by atoms with Crippen molar-refractivity contribution in [1.29, 1.82) is 0 Å². The van der Waals surface area contributed by atoms with Gasteiger partial charge in [-0.1, -0.05) is 35.3 Å². The number of aryl methyl sites for hydroxylation is 2. The average Bonchev–Trinajstić information content (AvgIpc) is 2.36. The molecule has 106 valence electrons. The Morgan fingerprint density at radius 3 is 2.40 bits per heavy atom. The van der Waals surface area contributed by atoms with Crippen molar-refractivity contribution in [3.8, 4) is 0 Å². The van der Waals surface area contributed by atoms with E-state index in [0.29, 0.717) is 10.7 Å². The summed E-state index contributed by atoms with van der Waals surface area (Å²) in [5.74, 6) is 0. The summed E-state index contributed by atoms with van der Waals surface area (Å²) in [7, 11) is -3.77. The first-order valence-corrected chi connectivity index (χ1v) is 8.08. The van der Waals surface area contributed by atoms with Crippen LogP contribution in [-0.2, 0) is 10.0 Å². The van der Waals surface area contributed by atoms with Gasteiger partial charge in [0.15, 0.2) is 0 Å². The lowest BCUT2D eigenvalue weighted by molar-refractivity contribution is 0.601. The molecule has 0 aliphatic carbocycles. The van der Waals surface area contributed by atoms with Crippen molar-refractivity contribution in [3.05, 3.63) is 57.6 Å². The van der Waals surface area contributed by atoms with Gasteiger partial charge in [-0.25, -0.2) is 8.42 Å². The number of benzene rings is 2. The zero-order chi connectivity index (χ0) is 14.9. The highest BCUT2D eigenvalue weighted by Crippen LogP contribution is 2.28. The molecule has 0 aliphatic heterocycles. The van der Waals surface area contributed by atoms with Gasteiger partial charge >= 0.3 is 0 Å². The second-order valence-corrected chi connectivity index (χ2v) is 6.99. The highest BCUT2D eigenvalue weighted by Gasteiger charge is 2.19. The maximum Gasteiger partial charge on any atom is 0.263 e. The number of anilines is 1. The molecule has 2 rings (SSSR count). The first-order valence-electron chi connectivity index (χ1n) is 5.85. The molecule has 0 bridgehead atoms. The van der Waals surface area contributed by atoms with E-state index in [0.717, 1.165) is 11.1 Å². The summed E-state index contributed by atoms with van der Waals surface area (Å²) in [6.07, 6.45) is 0. The van der Waals surface area contributed by atoms with Crippen molar-refractivity contribution < 1.29 is 8.42 Å². The number of hydrogen-bond acceptors (Lipinski definition) is 2. The second-order valence-electron chi connectivity index (χ2n) is 4.50. The fraction of sp³-hybridized carbons (Fsp3) is 0.143. The highest BCUT2D eigenvalue weighted by atomic mass is 35.5. The van der Waals surface area contributed by atoms with Crippen LogP contribution in [0.5, 0.6) is 0 Å². The summed E-state index contributed by atoms with van der Waals surface area (Å²) < 4.78 is 27.3. The molecule has 0 spiro atoms. The number of sulfonamides is 1. The normalized spacial score (nSPS) is 11.4. The largest absolute Gasteiger partial charge is 0.279 e. The molecular weight excluding hydrogens is 317 g/mol. The van der Waals surface area contributed by atoms with Crippen molar-refractivity contribution in [2.24, 2.45) is 0 Å². The molecule has 3 nitrogen and oxygen atoms in total. The molecule has 1 N–H and O–H groups in total. The molecule has 0 amide bonds. The predicted molar refractivity (Wildman–Crippen MR) is 83.2 cm³/mol. The fourth-order valence-corrected chi connectivity index (χ4v) is 3.61. The maximum atomic E-state index is 12.4. The monoisotopic (exact) mass is 329 g/mol. The number of hydrogen-bond donors (Lipinski definition) is 1. The summed E-state index contributed by atoms with van der Waals surface area (Å²) >= 11 is 11.8. The third-order valence-electron chi connectivity index (χ3n) is 2.82. The van der Waals surface area contributed by atoms with Crippen molar-refractivity contribution in [3.63, 3.8) is 0 Å². The van der Waals surface area contributed by atoms with Crippen LogP contribution in [0.1, 0.15) is 11.1 Å². The van der Waals surface area contributed by atoms with E-state index < -0.39 is 10.0 Å². The van der Waals surface area contributed by atoms with Crippen molar-refractivity contribution in [2.75, 3.05) is 4.72 Å². The standard InChI is InChI=1S/C14H13Cl2NO2S/c1-9-3-4-10(2)13(7-9)17-20(18,19)14-8-11(15)5-6-12(14)16/h3-8,17H,1-2H3. The number of nitrogens with one attached hydrogen (secondary N) is 1. The predicted octanol–water partition coefficient (Wildman–Crippen LogP) is 4.41. The summed E-state index contributed by atoms with van der Waals surface area (Å²) in [4.78, 5) is -0.0347. The Bertz CT molecular complexity index is 758. The SMILES string of the molecule is Cc1ccc(C)c(NS(=O)(=O)c2cc(Cl)ccc2Cl)c1. The molecule has 0 aliphatic rings. The van der Waals surface area contributed by atoms with Gasteiger partial charge < -0.3 is 0 Å². The Labute approximate surface area is 128 Å². The van der Waals surface area contributed by atoms with Gasteiger partial charge in [-0.3, -0.25) is 4.72 Å². The molecule has 0 fully saturated rings. The molecule has 2 aromatic rings. The smallest absolute Gasteiger partial charge is 0.263 e. The Hall–Kier alpha value is -1.23. The van der Waals surface area contributed by atoms with E-state index in [9.17, 15) is 8.42 Å². The first kappa shape index (κ1) is 15.2. The summed E-state index contributed by atoms with van der Waals surface area (Å²) in [6, 6.07) is 9.87. The van der Waals surface area contributed by atoms with Gasteiger partial charge in [0.25, 0.3) is 10.0 Å². The van der Waals surface area contributed by atoms with Crippen LogP contribution in [0.4, 0.5) is 5.69 Å². The van der Waals surface area contributed by atoms with Crippen LogP contribution in [0.25, 0.3) is 0 Å². The van der Waals surface area contributed by atoms with Gasteiger partial charge in [0.05, 0.1) is 10.7 Å². The van der Waals surface area contributed by atoms with Crippen LogP contribution >= 0.6 is 23.2 Å². The molecule has 0 saturated carbocycles. The fourth-order valence-electron chi connectivity index (χ4n) is 1.73. The Kier molecular flexibility index (Phi) is 4.28. The van der Waals surface area contributed by atoms with Gasteiger partial charge in [0.1, 0.15) is 4.90 Å². The van der Waals surface area contributed by atoms with Gasteiger partial charge in [-0.2, -0.15) is 0 Å². The lowest BCUT2D eigenvalue weighted by atomic mass is 10.1. The van der Waals surface area contributed by atoms with Crippen LogP contribution in [0.3, 0.4) is 0 Å². The molecule has 20 heavy (non-hydrogen) atoms. The van der Waals surface area contributed by atoms with E-state index in [-0.39, 0.29) is 9.92 Å².